The zero-order valence-corrected chi connectivity index (χ0v) is 21.1. The number of aryl methyl sites for hydroxylation is 1. The van der Waals surface area contributed by atoms with Gasteiger partial charge in [-0.2, -0.15) is 0 Å². The highest BCUT2D eigenvalue weighted by molar-refractivity contribution is 14.0. The average Bonchev–Trinajstić information content (AvgIpc) is 2.69. The number of likely N-dealkylation sites (N-methyl/N-ethyl adjacent to an activating group) is 1. The number of aliphatic imine (C=N–C) groups is 1. The number of hydrogen-bond acceptors (Lipinski definition) is 4. The predicted molar refractivity (Wildman–Crippen MR) is 136 cm³/mol. The Labute approximate surface area is 196 Å². The van der Waals surface area contributed by atoms with Gasteiger partial charge in [-0.25, -0.2) is 0 Å². The Hall–Kier alpha value is -1.45. The molecule has 0 fully saturated rings. The van der Waals surface area contributed by atoms with Crippen molar-refractivity contribution in [2.75, 3.05) is 40.6 Å². The van der Waals surface area contributed by atoms with Crippen LogP contribution in [0.4, 0.5) is 0 Å². The molecule has 0 radical (unpaired) electrons. The molecule has 160 valence electrons. The van der Waals surface area contributed by atoms with E-state index in [-0.39, 0.29) is 24.0 Å². The molecule has 5 nitrogen and oxygen atoms in total. The third-order valence-electron chi connectivity index (χ3n) is 4.33. The fourth-order valence-corrected chi connectivity index (χ4v) is 3.41. The Morgan fingerprint density at radius 3 is 2.41 bits per heavy atom. The number of nitrogens with one attached hydrogen (secondary N) is 2. The van der Waals surface area contributed by atoms with Crippen LogP contribution < -0.4 is 15.4 Å². The number of guanidine groups is 1. The zero-order chi connectivity index (χ0) is 20.4. The second-order valence-electron chi connectivity index (χ2n) is 6.85. The molecule has 0 saturated carbocycles. The van der Waals surface area contributed by atoms with Crippen molar-refractivity contribution in [2.24, 2.45) is 4.99 Å². The van der Waals surface area contributed by atoms with Crippen molar-refractivity contribution < 1.29 is 4.74 Å². The van der Waals surface area contributed by atoms with Crippen LogP contribution in [0.3, 0.4) is 0 Å². The summed E-state index contributed by atoms with van der Waals surface area (Å²) in [6, 6.07) is 14.7. The minimum atomic E-state index is 0. The molecule has 0 saturated heterocycles. The van der Waals surface area contributed by atoms with Crippen LogP contribution in [0.5, 0.6) is 5.75 Å². The van der Waals surface area contributed by atoms with Gasteiger partial charge in [-0.1, -0.05) is 30.3 Å². The number of benzene rings is 2. The van der Waals surface area contributed by atoms with E-state index in [0.29, 0.717) is 13.2 Å². The lowest BCUT2D eigenvalue weighted by molar-refractivity contribution is 0.259. The summed E-state index contributed by atoms with van der Waals surface area (Å²) in [6.45, 7) is 5.06. The van der Waals surface area contributed by atoms with Gasteiger partial charge in [-0.3, -0.25) is 4.99 Å². The second kappa shape index (κ2) is 13.7. The number of thioether (sulfide) groups is 1. The average molecular weight is 529 g/mol. The molecule has 0 aliphatic carbocycles. The second-order valence-corrected chi connectivity index (χ2v) is 7.70. The fourth-order valence-electron chi connectivity index (χ4n) is 2.71. The van der Waals surface area contributed by atoms with Crippen LogP contribution in [0.2, 0.25) is 0 Å². The Kier molecular flexibility index (Phi) is 12.1. The largest absolute Gasteiger partial charge is 0.492 e. The molecule has 2 aromatic carbocycles. The molecule has 2 rings (SSSR count). The Morgan fingerprint density at radius 2 is 1.76 bits per heavy atom. The van der Waals surface area contributed by atoms with Crippen LogP contribution in [0.1, 0.15) is 16.7 Å². The predicted octanol–water partition coefficient (Wildman–Crippen LogP) is 4.14. The van der Waals surface area contributed by atoms with E-state index in [1.54, 1.807) is 18.8 Å². The maximum Gasteiger partial charge on any atom is 0.191 e. The van der Waals surface area contributed by atoms with Crippen molar-refractivity contribution in [2.45, 2.75) is 24.9 Å². The van der Waals surface area contributed by atoms with Gasteiger partial charge >= 0.3 is 0 Å². The highest BCUT2D eigenvalue weighted by atomic mass is 127. The van der Waals surface area contributed by atoms with Crippen LogP contribution in [0, 0.1) is 6.92 Å². The first-order chi connectivity index (χ1) is 13.5. The molecule has 0 aliphatic heterocycles. The summed E-state index contributed by atoms with van der Waals surface area (Å²) in [5.41, 5.74) is 3.67. The van der Waals surface area contributed by atoms with Crippen molar-refractivity contribution in [3.63, 3.8) is 0 Å². The molecule has 0 unspecified atom stereocenters. The van der Waals surface area contributed by atoms with E-state index in [1.165, 1.54) is 16.0 Å². The third-order valence-corrected chi connectivity index (χ3v) is 5.15. The van der Waals surface area contributed by atoms with Crippen molar-refractivity contribution in [3.05, 3.63) is 59.2 Å². The topological polar surface area (TPSA) is 48.9 Å². The lowest BCUT2D eigenvalue weighted by atomic mass is 10.1. The molecule has 7 heteroatoms. The third kappa shape index (κ3) is 8.84. The number of para-hydroxylation sites is 1. The molecule has 2 N–H and O–H groups in total. The van der Waals surface area contributed by atoms with Gasteiger partial charge in [0.15, 0.2) is 5.96 Å². The molecular formula is C22H33IN4OS. The maximum absolute atomic E-state index is 5.94. The molecule has 2 aromatic rings. The van der Waals surface area contributed by atoms with Crippen LogP contribution in [-0.2, 0) is 13.1 Å². The van der Waals surface area contributed by atoms with E-state index < -0.39 is 0 Å². The van der Waals surface area contributed by atoms with Gasteiger partial charge in [-0.05, 0) is 50.5 Å². The Morgan fingerprint density at radius 1 is 1.07 bits per heavy atom. The van der Waals surface area contributed by atoms with Gasteiger partial charge in [0.25, 0.3) is 0 Å². The first-order valence-corrected chi connectivity index (χ1v) is 10.7. The molecule has 0 bridgehead atoms. The molecule has 0 aliphatic rings. The van der Waals surface area contributed by atoms with Gasteiger partial charge < -0.3 is 20.3 Å². The van der Waals surface area contributed by atoms with E-state index >= 15 is 0 Å². The SMILES string of the molecule is CN=C(NCc1ccccc1OCCN(C)C)NCc1ccc(C)cc1SC.I. The van der Waals surface area contributed by atoms with Crippen molar-refractivity contribution in [1.29, 1.82) is 0 Å². The summed E-state index contributed by atoms with van der Waals surface area (Å²) < 4.78 is 5.94. The smallest absolute Gasteiger partial charge is 0.191 e. The van der Waals surface area contributed by atoms with Crippen LogP contribution in [0.15, 0.2) is 52.4 Å². The summed E-state index contributed by atoms with van der Waals surface area (Å²) in [7, 11) is 5.88. The minimum Gasteiger partial charge on any atom is -0.492 e. The number of hydrogen-bond donors (Lipinski definition) is 2. The summed E-state index contributed by atoms with van der Waals surface area (Å²) in [5.74, 6) is 1.69. The number of nitrogens with zero attached hydrogens (tertiary/aromatic N) is 2. The molecule has 0 amide bonds. The van der Waals surface area contributed by atoms with Crippen LogP contribution in [-0.4, -0.2) is 51.4 Å². The van der Waals surface area contributed by atoms with Gasteiger partial charge in [0.05, 0.1) is 0 Å². The highest BCUT2D eigenvalue weighted by Crippen LogP contribution is 2.21. The van der Waals surface area contributed by atoms with E-state index in [0.717, 1.165) is 30.4 Å². The van der Waals surface area contributed by atoms with E-state index in [9.17, 15) is 0 Å². The van der Waals surface area contributed by atoms with Gasteiger partial charge in [0.1, 0.15) is 12.4 Å². The van der Waals surface area contributed by atoms with Crippen molar-refractivity contribution >= 4 is 41.7 Å². The zero-order valence-electron chi connectivity index (χ0n) is 18.0. The number of ether oxygens (including phenoxy) is 1. The van der Waals surface area contributed by atoms with Crippen LogP contribution in [0.25, 0.3) is 0 Å². The van der Waals surface area contributed by atoms with E-state index in [2.05, 4.69) is 58.0 Å². The first-order valence-electron chi connectivity index (χ1n) is 9.47. The first kappa shape index (κ1) is 25.6. The standard InChI is InChI=1S/C22H32N4OS.HI/c1-17-10-11-19(21(14-17)28-5)16-25-22(23-2)24-15-18-8-6-7-9-20(18)27-13-12-26(3)4;/h6-11,14H,12-13,15-16H2,1-5H3,(H2,23,24,25);1H. The minimum absolute atomic E-state index is 0. The Bertz CT molecular complexity index is 783. The normalized spacial score (nSPS) is 11.2. The maximum atomic E-state index is 5.94. The molecule has 0 atom stereocenters. The molecular weight excluding hydrogens is 495 g/mol. The number of rotatable bonds is 9. The summed E-state index contributed by atoms with van der Waals surface area (Å²) in [6.07, 6.45) is 2.11. The number of halogens is 1. The fraction of sp³-hybridized carbons (Fsp3) is 0.409. The molecule has 29 heavy (non-hydrogen) atoms. The summed E-state index contributed by atoms with van der Waals surface area (Å²) in [4.78, 5) is 7.75. The van der Waals surface area contributed by atoms with Crippen LogP contribution >= 0.6 is 35.7 Å². The summed E-state index contributed by atoms with van der Waals surface area (Å²) in [5, 5.41) is 6.79. The van der Waals surface area contributed by atoms with Crippen molar-refractivity contribution in [3.8, 4) is 5.75 Å². The van der Waals surface area contributed by atoms with E-state index in [4.69, 9.17) is 4.74 Å². The molecule has 0 heterocycles. The monoisotopic (exact) mass is 528 g/mol. The highest BCUT2D eigenvalue weighted by Gasteiger charge is 2.07. The molecule has 0 spiro atoms. The quantitative estimate of drug-likeness (QED) is 0.222. The Balaban J connectivity index is 0.00000420. The van der Waals surface area contributed by atoms with Gasteiger partial charge in [0, 0.05) is 37.1 Å². The van der Waals surface area contributed by atoms with Crippen molar-refractivity contribution in [1.82, 2.24) is 15.5 Å². The lowest BCUT2D eigenvalue weighted by Gasteiger charge is -2.16. The van der Waals surface area contributed by atoms with E-state index in [1.807, 2.05) is 32.3 Å². The lowest BCUT2D eigenvalue weighted by Crippen LogP contribution is -2.36. The molecule has 0 aromatic heterocycles. The summed E-state index contributed by atoms with van der Waals surface area (Å²) >= 11 is 1.77. The van der Waals surface area contributed by atoms with Gasteiger partial charge in [-0.15, -0.1) is 35.7 Å². The van der Waals surface area contributed by atoms with Gasteiger partial charge in [0.2, 0.25) is 0 Å².